The van der Waals surface area contributed by atoms with Crippen LogP contribution in [-0.2, 0) is 16.4 Å². The molecule has 0 saturated heterocycles. The minimum Gasteiger partial charge on any atom is -0.359 e. The molecule has 0 bridgehead atoms. The highest BCUT2D eigenvalue weighted by Crippen LogP contribution is 2.17. The van der Waals surface area contributed by atoms with E-state index in [9.17, 15) is 8.42 Å². The van der Waals surface area contributed by atoms with E-state index in [4.69, 9.17) is 0 Å². The summed E-state index contributed by atoms with van der Waals surface area (Å²) in [7, 11) is -3.77. The molecule has 0 N–H and O–H groups in total. The lowest BCUT2D eigenvalue weighted by atomic mass is 10.1. The van der Waals surface area contributed by atoms with Gasteiger partial charge in [-0.1, -0.05) is 139 Å². The average molecular weight is 527 g/mol. The minimum atomic E-state index is -3.77. The van der Waals surface area contributed by atoms with Crippen LogP contribution in [0.2, 0.25) is 0 Å². The van der Waals surface area contributed by atoms with Crippen molar-refractivity contribution in [3.8, 4) is 0 Å². The van der Waals surface area contributed by atoms with E-state index >= 15 is 0 Å². The smallest absolute Gasteiger partial charge is 0.283 e. The Bertz CT molecular complexity index is 941. The Morgan fingerprint density at radius 2 is 1.05 bits per heavy atom. The molecule has 2 aromatic carbocycles. The van der Waals surface area contributed by atoms with Gasteiger partial charge in [0.05, 0.1) is 4.90 Å². The molecule has 0 aliphatic rings. The zero-order chi connectivity index (χ0) is 26.6. The second-order valence-electron chi connectivity index (χ2n) is 10.2. The van der Waals surface area contributed by atoms with Crippen LogP contribution in [0, 0.1) is 0 Å². The quantitative estimate of drug-likeness (QED) is 0.0983. The first kappa shape index (κ1) is 31.1. The fourth-order valence-corrected chi connectivity index (χ4v) is 5.72. The molecule has 0 aliphatic carbocycles. The zero-order valence-electron chi connectivity index (χ0n) is 23.4. The molecular formula is C32H50N2O2S. The number of unbranched alkanes of at least 4 members (excludes halogenated alkanes) is 12. The van der Waals surface area contributed by atoms with Crippen LogP contribution in [0.5, 0.6) is 0 Å². The van der Waals surface area contributed by atoms with Crippen LogP contribution in [0.25, 0.3) is 0 Å². The lowest BCUT2D eigenvalue weighted by molar-refractivity contribution is 0.379. The Morgan fingerprint density at radius 1 is 0.622 bits per heavy atom. The van der Waals surface area contributed by atoms with Crippen LogP contribution in [0.1, 0.15) is 109 Å². The van der Waals surface area contributed by atoms with Crippen LogP contribution in [-0.4, -0.2) is 32.2 Å². The minimum absolute atomic E-state index is 0.257. The van der Waals surface area contributed by atoms with E-state index in [-0.39, 0.29) is 4.90 Å². The fourth-order valence-electron chi connectivity index (χ4n) is 4.65. The van der Waals surface area contributed by atoms with Gasteiger partial charge in [-0.25, -0.2) is 0 Å². The number of nitrogens with zero attached hydrogens (tertiary/aromatic N) is 2. The van der Waals surface area contributed by atoms with E-state index in [1.807, 2.05) is 24.3 Å². The maximum absolute atomic E-state index is 13.3. The third kappa shape index (κ3) is 13.3. The Morgan fingerprint density at radius 3 is 1.54 bits per heavy atom. The van der Waals surface area contributed by atoms with Crippen molar-refractivity contribution in [1.29, 1.82) is 0 Å². The third-order valence-corrected chi connectivity index (χ3v) is 8.22. The normalized spacial score (nSPS) is 12.1. The molecule has 0 aromatic heterocycles. The van der Waals surface area contributed by atoms with Crippen LogP contribution in [0.15, 0.2) is 70.0 Å². The molecule has 5 heteroatoms. The second kappa shape index (κ2) is 19.0. The first-order valence-electron chi connectivity index (χ1n) is 14.7. The van der Waals surface area contributed by atoms with Gasteiger partial charge in [0.2, 0.25) is 0 Å². The number of rotatable bonds is 20. The number of benzene rings is 2. The molecule has 0 fully saturated rings. The molecule has 0 spiro atoms. The predicted molar refractivity (Wildman–Crippen MR) is 159 cm³/mol. The molecular weight excluding hydrogens is 476 g/mol. The van der Waals surface area contributed by atoms with Gasteiger partial charge in [-0.3, -0.25) is 0 Å². The lowest BCUT2D eigenvalue weighted by Gasteiger charge is -2.27. The molecule has 4 nitrogen and oxygen atoms in total. The van der Waals surface area contributed by atoms with Gasteiger partial charge >= 0.3 is 0 Å². The van der Waals surface area contributed by atoms with Crippen molar-refractivity contribution >= 4 is 15.9 Å². The standard InChI is InChI=1S/C32H50N2O2S/c1-3-5-7-9-11-13-21-27-34(28-22-14-12-10-8-6-4-2)32(29-30-23-17-15-18-24-30)33-37(35,36)31-25-19-16-20-26-31/h15-20,23-26H,3-14,21-22,27-29H2,1-2H3. The van der Waals surface area contributed by atoms with Crippen molar-refractivity contribution in [1.82, 2.24) is 4.90 Å². The first-order valence-corrected chi connectivity index (χ1v) is 16.2. The van der Waals surface area contributed by atoms with Crippen molar-refractivity contribution < 1.29 is 8.42 Å². The molecule has 37 heavy (non-hydrogen) atoms. The summed E-state index contributed by atoms with van der Waals surface area (Å²) in [5.74, 6) is 0.673. The Kier molecular flexibility index (Phi) is 16.0. The summed E-state index contributed by atoms with van der Waals surface area (Å²) in [5, 5.41) is 0. The SMILES string of the molecule is CCCCCCCCCN(CCCCCCCCC)C(Cc1ccccc1)=NS(=O)(=O)c1ccccc1. The third-order valence-electron chi connectivity index (χ3n) is 6.90. The van der Waals surface area contributed by atoms with Crippen molar-refractivity contribution in [3.63, 3.8) is 0 Å². The largest absolute Gasteiger partial charge is 0.359 e. The summed E-state index contributed by atoms with van der Waals surface area (Å²) in [5.41, 5.74) is 1.09. The molecule has 0 saturated carbocycles. The van der Waals surface area contributed by atoms with Crippen LogP contribution in [0.3, 0.4) is 0 Å². The van der Waals surface area contributed by atoms with E-state index < -0.39 is 10.0 Å². The Balaban J connectivity index is 2.16. The summed E-state index contributed by atoms with van der Waals surface area (Å²) in [6.07, 6.45) is 17.9. The van der Waals surface area contributed by atoms with Crippen molar-refractivity contribution in [2.24, 2.45) is 4.40 Å². The van der Waals surface area contributed by atoms with Crippen molar-refractivity contribution in [3.05, 3.63) is 66.2 Å². The number of hydrogen-bond acceptors (Lipinski definition) is 2. The molecule has 2 aromatic rings. The molecule has 0 amide bonds. The topological polar surface area (TPSA) is 49.7 Å². The number of hydrogen-bond donors (Lipinski definition) is 0. The summed E-state index contributed by atoms with van der Waals surface area (Å²) in [6.45, 7) is 6.22. The Labute approximate surface area is 227 Å². The molecule has 2 rings (SSSR count). The summed E-state index contributed by atoms with van der Waals surface area (Å²) in [6, 6.07) is 18.8. The molecule has 0 aliphatic heterocycles. The van der Waals surface area contributed by atoms with Gasteiger partial charge in [0.15, 0.2) is 0 Å². The maximum atomic E-state index is 13.3. The fraction of sp³-hybridized carbons (Fsp3) is 0.594. The lowest BCUT2D eigenvalue weighted by Crippen LogP contribution is -2.35. The maximum Gasteiger partial charge on any atom is 0.283 e. The molecule has 0 atom stereocenters. The van der Waals surface area contributed by atoms with Crippen molar-refractivity contribution in [2.75, 3.05) is 13.1 Å². The van der Waals surface area contributed by atoms with Crippen LogP contribution >= 0.6 is 0 Å². The molecule has 206 valence electrons. The van der Waals surface area contributed by atoms with Gasteiger partial charge in [0.1, 0.15) is 5.84 Å². The van der Waals surface area contributed by atoms with E-state index in [0.717, 1.165) is 31.5 Å². The monoisotopic (exact) mass is 526 g/mol. The summed E-state index contributed by atoms with van der Waals surface area (Å²) >= 11 is 0. The van der Waals surface area contributed by atoms with E-state index in [1.54, 1.807) is 24.3 Å². The highest BCUT2D eigenvalue weighted by Gasteiger charge is 2.19. The summed E-state index contributed by atoms with van der Waals surface area (Å²) in [4.78, 5) is 2.53. The molecule has 0 radical (unpaired) electrons. The predicted octanol–water partition coefficient (Wildman–Crippen LogP) is 8.82. The van der Waals surface area contributed by atoms with Gasteiger partial charge in [-0.05, 0) is 30.5 Å². The van der Waals surface area contributed by atoms with E-state index in [1.165, 1.54) is 77.0 Å². The van der Waals surface area contributed by atoms with Gasteiger partial charge in [0, 0.05) is 19.5 Å². The average Bonchev–Trinajstić information content (AvgIpc) is 2.91. The second-order valence-corrected chi connectivity index (χ2v) is 11.8. The number of sulfonamides is 1. The highest BCUT2D eigenvalue weighted by molar-refractivity contribution is 7.90. The number of amidine groups is 1. The van der Waals surface area contributed by atoms with Crippen LogP contribution < -0.4 is 0 Å². The highest BCUT2D eigenvalue weighted by atomic mass is 32.2. The molecule has 0 heterocycles. The summed E-state index contributed by atoms with van der Waals surface area (Å²) < 4.78 is 31.0. The van der Waals surface area contributed by atoms with Crippen molar-refractivity contribution in [2.45, 2.75) is 115 Å². The first-order chi connectivity index (χ1) is 18.1. The zero-order valence-corrected chi connectivity index (χ0v) is 24.2. The van der Waals surface area contributed by atoms with E-state index in [2.05, 4.69) is 35.3 Å². The van der Waals surface area contributed by atoms with Gasteiger partial charge < -0.3 is 4.90 Å². The molecule has 0 unspecified atom stereocenters. The Hall–Kier alpha value is -2.14. The van der Waals surface area contributed by atoms with Gasteiger partial charge in [-0.15, -0.1) is 4.40 Å². The van der Waals surface area contributed by atoms with Gasteiger partial charge in [-0.2, -0.15) is 8.42 Å². The van der Waals surface area contributed by atoms with Gasteiger partial charge in [0.25, 0.3) is 10.0 Å². The van der Waals surface area contributed by atoms with Crippen LogP contribution in [0.4, 0.5) is 0 Å². The van der Waals surface area contributed by atoms with E-state index in [0.29, 0.717) is 12.3 Å².